The van der Waals surface area contributed by atoms with Crippen LogP contribution in [0.25, 0.3) is 27.7 Å². The van der Waals surface area contributed by atoms with E-state index in [1.807, 2.05) is 38.5 Å². The normalized spacial score (nSPS) is 16.8. The lowest BCUT2D eigenvalue weighted by atomic mass is 9.92. The average molecular weight is 419 g/mol. The number of halogens is 2. The molecule has 1 fully saturated rings. The molecule has 31 heavy (non-hydrogen) atoms. The number of aromatic amines is 1. The molecule has 7 heteroatoms. The van der Waals surface area contributed by atoms with Crippen LogP contribution in [-0.4, -0.2) is 19.7 Å². The predicted molar refractivity (Wildman–Crippen MR) is 117 cm³/mol. The Morgan fingerprint density at radius 1 is 1.06 bits per heavy atom. The lowest BCUT2D eigenvalue weighted by Crippen LogP contribution is -2.37. The summed E-state index contributed by atoms with van der Waals surface area (Å²) in [6, 6.07) is 4.58. The first kappa shape index (κ1) is 18.5. The minimum absolute atomic E-state index is 0.318. The molecule has 6 rings (SSSR count). The molecule has 5 nitrogen and oxygen atoms in total. The molecule has 2 aromatic carbocycles. The fourth-order valence-corrected chi connectivity index (χ4v) is 4.98. The molecule has 3 heterocycles. The van der Waals surface area contributed by atoms with Crippen LogP contribution in [0, 0.1) is 25.5 Å². The van der Waals surface area contributed by atoms with Crippen molar-refractivity contribution in [2.24, 2.45) is 0 Å². The van der Waals surface area contributed by atoms with E-state index in [9.17, 15) is 4.39 Å². The highest BCUT2D eigenvalue weighted by molar-refractivity contribution is 5.98. The third-order valence-electron chi connectivity index (χ3n) is 6.64. The molecular formula is C24H23F2N5. The van der Waals surface area contributed by atoms with E-state index in [1.165, 1.54) is 12.1 Å². The maximum atomic E-state index is 15.5. The Hall–Kier alpha value is -3.22. The third-order valence-corrected chi connectivity index (χ3v) is 6.64. The Balaban J connectivity index is 1.66. The van der Waals surface area contributed by atoms with Gasteiger partial charge >= 0.3 is 0 Å². The number of fused-ring (bicyclic) bond motifs is 4. The summed E-state index contributed by atoms with van der Waals surface area (Å²) in [5.41, 5.74) is 4.68. The molecule has 1 aliphatic heterocycles. The summed E-state index contributed by atoms with van der Waals surface area (Å²) in [6.07, 6.45) is 4.23. The van der Waals surface area contributed by atoms with Gasteiger partial charge in [0.2, 0.25) is 0 Å². The third kappa shape index (κ3) is 2.52. The fraction of sp³-hybridized carbons (Fsp3) is 0.333. The summed E-state index contributed by atoms with van der Waals surface area (Å²) in [5, 5.41) is 12.8. The van der Waals surface area contributed by atoms with Crippen LogP contribution in [0.15, 0.2) is 24.4 Å². The van der Waals surface area contributed by atoms with Crippen LogP contribution >= 0.6 is 0 Å². The second-order valence-electron chi connectivity index (χ2n) is 9.30. The van der Waals surface area contributed by atoms with Gasteiger partial charge in [-0.15, -0.1) is 10.2 Å². The summed E-state index contributed by atoms with van der Waals surface area (Å²) in [6.45, 7) is 7.71. The van der Waals surface area contributed by atoms with Crippen LogP contribution in [0.1, 0.15) is 55.4 Å². The zero-order valence-corrected chi connectivity index (χ0v) is 17.9. The molecule has 0 bridgehead atoms. The Labute approximate surface area is 178 Å². The van der Waals surface area contributed by atoms with Crippen LogP contribution in [0.4, 0.5) is 14.5 Å². The molecule has 1 aliphatic carbocycles. The van der Waals surface area contributed by atoms with E-state index in [0.717, 1.165) is 40.7 Å². The SMILES string of the molecule is Cc1c(-c2cc(F)cc3c(C4CC4)c[nH]c23)cc(F)c2c1-n1c(C)nnc1C(C)(C)N2. The van der Waals surface area contributed by atoms with Crippen molar-refractivity contribution in [3.63, 3.8) is 0 Å². The number of aryl methyl sites for hydroxylation is 1. The van der Waals surface area contributed by atoms with Crippen molar-refractivity contribution < 1.29 is 8.78 Å². The summed E-state index contributed by atoms with van der Waals surface area (Å²) < 4.78 is 32.1. The minimum Gasteiger partial charge on any atom is -0.369 e. The van der Waals surface area contributed by atoms with Gasteiger partial charge in [-0.1, -0.05) is 0 Å². The number of nitrogens with one attached hydrogen (secondary N) is 2. The Morgan fingerprint density at radius 3 is 2.58 bits per heavy atom. The lowest BCUT2D eigenvalue weighted by Gasteiger charge is -2.35. The zero-order chi connectivity index (χ0) is 21.7. The van der Waals surface area contributed by atoms with Gasteiger partial charge in [0, 0.05) is 17.1 Å². The summed E-state index contributed by atoms with van der Waals surface area (Å²) in [7, 11) is 0. The number of anilines is 1. The van der Waals surface area contributed by atoms with Crippen LogP contribution in [0.2, 0.25) is 0 Å². The maximum absolute atomic E-state index is 15.5. The monoisotopic (exact) mass is 419 g/mol. The van der Waals surface area contributed by atoms with E-state index in [-0.39, 0.29) is 11.6 Å². The highest BCUT2D eigenvalue weighted by Crippen LogP contribution is 2.47. The van der Waals surface area contributed by atoms with E-state index in [2.05, 4.69) is 20.5 Å². The van der Waals surface area contributed by atoms with Gasteiger partial charge in [-0.2, -0.15) is 0 Å². The maximum Gasteiger partial charge on any atom is 0.162 e. The van der Waals surface area contributed by atoms with E-state index in [1.54, 1.807) is 6.07 Å². The number of rotatable bonds is 2. The molecule has 158 valence electrons. The highest BCUT2D eigenvalue weighted by Gasteiger charge is 2.37. The minimum atomic E-state index is -0.576. The quantitative estimate of drug-likeness (QED) is 0.429. The van der Waals surface area contributed by atoms with Crippen molar-refractivity contribution >= 4 is 16.6 Å². The highest BCUT2D eigenvalue weighted by atomic mass is 19.1. The van der Waals surface area contributed by atoms with Crippen molar-refractivity contribution in [2.45, 2.75) is 52.0 Å². The fourth-order valence-electron chi connectivity index (χ4n) is 4.98. The van der Waals surface area contributed by atoms with Gasteiger partial charge in [-0.3, -0.25) is 4.57 Å². The second-order valence-corrected chi connectivity index (χ2v) is 9.30. The summed E-state index contributed by atoms with van der Waals surface area (Å²) >= 11 is 0. The van der Waals surface area contributed by atoms with E-state index >= 15 is 4.39 Å². The van der Waals surface area contributed by atoms with Crippen molar-refractivity contribution in [3.05, 3.63) is 58.8 Å². The molecule has 2 N–H and O–H groups in total. The average Bonchev–Trinajstić information content (AvgIpc) is 3.34. The van der Waals surface area contributed by atoms with Crippen LogP contribution in [0.3, 0.4) is 0 Å². The smallest absolute Gasteiger partial charge is 0.162 e. The summed E-state index contributed by atoms with van der Waals surface area (Å²) in [4.78, 5) is 3.33. The van der Waals surface area contributed by atoms with E-state index in [0.29, 0.717) is 34.2 Å². The van der Waals surface area contributed by atoms with Gasteiger partial charge in [-0.05, 0) is 81.3 Å². The largest absolute Gasteiger partial charge is 0.369 e. The van der Waals surface area contributed by atoms with Gasteiger partial charge < -0.3 is 10.3 Å². The number of nitrogens with zero attached hydrogens (tertiary/aromatic N) is 3. The van der Waals surface area contributed by atoms with Crippen LogP contribution in [-0.2, 0) is 5.54 Å². The molecule has 0 unspecified atom stereocenters. The predicted octanol–water partition coefficient (Wildman–Crippen LogP) is 5.85. The van der Waals surface area contributed by atoms with Crippen molar-refractivity contribution in [2.75, 3.05) is 5.32 Å². The Bertz CT molecular complexity index is 1390. The topological polar surface area (TPSA) is 58.5 Å². The first-order valence-corrected chi connectivity index (χ1v) is 10.6. The number of hydrogen-bond donors (Lipinski definition) is 2. The van der Waals surface area contributed by atoms with Crippen LogP contribution in [0.5, 0.6) is 0 Å². The van der Waals surface area contributed by atoms with Crippen molar-refractivity contribution in [1.82, 2.24) is 19.7 Å². The molecule has 4 aromatic rings. The number of benzene rings is 2. The molecule has 2 aromatic heterocycles. The molecular weight excluding hydrogens is 396 g/mol. The molecule has 0 spiro atoms. The molecule has 1 saturated carbocycles. The molecule has 2 aliphatic rings. The standard InChI is InChI=1S/C24H23F2N5/c1-11-15(16-7-14(25)8-17-18(13-5-6-13)10-27-20(16)17)9-19(26)21-22(11)31-12(2)29-30-23(31)24(3,4)28-21/h7-10,13,27-28H,5-6H2,1-4H3. The first-order valence-electron chi connectivity index (χ1n) is 10.6. The number of hydrogen-bond acceptors (Lipinski definition) is 3. The number of H-pyrrole nitrogens is 1. The molecule has 0 radical (unpaired) electrons. The van der Waals surface area contributed by atoms with Crippen molar-refractivity contribution in [3.8, 4) is 16.8 Å². The zero-order valence-electron chi connectivity index (χ0n) is 17.9. The van der Waals surface area contributed by atoms with Gasteiger partial charge in [0.25, 0.3) is 0 Å². The van der Waals surface area contributed by atoms with E-state index < -0.39 is 5.54 Å². The molecule has 0 atom stereocenters. The second kappa shape index (κ2) is 5.93. The van der Waals surface area contributed by atoms with Crippen LogP contribution < -0.4 is 5.32 Å². The van der Waals surface area contributed by atoms with Gasteiger partial charge in [0.05, 0.1) is 22.4 Å². The van der Waals surface area contributed by atoms with Crippen molar-refractivity contribution in [1.29, 1.82) is 0 Å². The summed E-state index contributed by atoms with van der Waals surface area (Å²) in [5.74, 6) is 1.19. The molecule has 0 saturated heterocycles. The molecule has 0 amide bonds. The van der Waals surface area contributed by atoms with E-state index in [4.69, 9.17) is 0 Å². The number of aromatic nitrogens is 4. The van der Waals surface area contributed by atoms with Gasteiger partial charge in [-0.25, -0.2) is 8.78 Å². The first-order chi connectivity index (χ1) is 14.8. The lowest BCUT2D eigenvalue weighted by molar-refractivity contribution is 0.521. The Kier molecular flexibility index (Phi) is 3.55. The van der Waals surface area contributed by atoms with Gasteiger partial charge in [0.1, 0.15) is 17.5 Å². The Morgan fingerprint density at radius 2 is 1.84 bits per heavy atom. The van der Waals surface area contributed by atoms with Gasteiger partial charge in [0.15, 0.2) is 5.82 Å².